The Bertz CT molecular complexity index is 570. The number of fused-ring (bicyclic) bond motifs is 1. The van der Waals surface area contributed by atoms with Crippen molar-refractivity contribution in [2.75, 3.05) is 29.1 Å². The van der Waals surface area contributed by atoms with Crippen molar-refractivity contribution in [1.29, 1.82) is 0 Å². The van der Waals surface area contributed by atoms with Crippen molar-refractivity contribution in [3.05, 3.63) is 34.9 Å². The van der Waals surface area contributed by atoms with Crippen LogP contribution in [0.15, 0.2) is 34.9 Å². The molecule has 1 aliphatic heterocycles. The van der Waals surface area contributed by atoms with Gasteiger partial charge < -0.3 is 5.32 Å². The van der Waals surface area contributed by atoms with E-state index >= 15 is 0 Å². The van der Waals surface area contributed by atoms with Gasteiger partial charge in [-0.15, -0.1) is 0 Å². The molecule has 0 amide bonds. The molecule has 2 aromatic rings. The minimum absolute atomic E-state index is 0.697. The molecule has 0 spiro atoms. The highest BCUT2D eigenvalue weighted by atomic mass is 79.9. The number of aromatic nitrogens is 1. The van der Waals surface area contributed by atoms with Crippen molar-refractivity contribution in [3.8, 4) is 0 Å². The molecule has 1 aliphatic rings. The van der Waals surface area contributed by atoms with Gasteiger partial charge in [-0.2, -0.15) is 23.5 Å². The zero-order chi connectivity index (χ0) is 13.1. The smallest absolute Gasteiger partial charge is 0.133 e. The van der Waals surface area contributed by atoms with Crippen LogP contribution >= 0.6 is 39.5 Å². The number of hydrogen-bond acceptors (Lipinski definition) is 4. The van der Waals surface area contributed by atoms with Crippen LogP contribution in [0.5, 0.6) is 0 Å². The summed E-state index contributed by atoms with van der Waals surface area (Å²) >= 11 is 7.72. The molecule has 1 N–H and O–H groups in total. The summed E-state index contributed by atoms with van der Waals surface area (Å²) in [7, 11) is 0. The van der Waals surface area contributed by atoms with E-state index in [1.165, 1.54) is 28.0 Å². The molecule has 1 fully saturated rings. The Balaban J connectivity index is 1.79. The zero-order valence-corrected chi connectivity index (χ0v) is 13.7. The SMILES string of the molecule is Brc1cccc2c(NCC3CSCCS3)nccc12. The first-order valence-electron chi connectivity index (χ1n) is 6.31. The topological polar surface area (TPSA) is 24.9 Å². The number of pyridine rings is 1. The third-order valence-electron chi connectivity index (χ3n) is 3.14. The number of nitrogens with zero attached hydrogens (tertiary/aromatic N) is 1. The van der Waals surface area contributed by atoms with Gasteiger partial charge in [0.1, 0.15) is 5.82 Å². The van der Waals surface area contributed by atoms with E-state index in [0.29, 0.717) is 5.25 Å². The largest absolute Gasteiger partial charge is 0.368 e. The first kappa shape index (κ1) is 13.6. The van der Waals surface area contributed by atoms with E-state index in [9.17, 15) is 0 Å². The van der Waals surface area contributed by atoms with Crippen molar-refractivity contribution in [3.63, 3.8) is 0 Å². The Labute approximate surface area is 130 Å². The second-order valence-corrected chi connectivity index (χ2v) is 7.86. The molecule has 19 heavy (non-hydrogen) atoms. The second-order valence-electron chi connectivity index (χ2n) is 4.44. The molecule has 1 atom stereocenters. The molecule has 0 saturated carbocycles. The summed E-state index contributed by atoms with van der Waals surface area (Å²) in [5.74, 6) is 4.80. The lowest BCUT2D eigenvalue weighted by molar-refractivity contribution is 0.996. The molecule has 1 aromatic carbocycles. The Morgan fingerprint density at radius 3 is 3.05 bits per heavy atom. The molecule has 1 saturated heterocycles. The average Bonchev–Trinajstić information content (AvgIpc) is 2.47. The maximum Gasteiger partial charge on any atom is 0.133 e. The van der Waals surface area contributed by atoms with Crippen molar-refractivity contribution >= 4 is 56.0 Å². The summed E-state index contributed by atoms with van der Waals surface area (Å²) in [5, 5.41) is 6.61. The summed E-state index contributed by atoms with van der Waals surface area (Å²) in [6.07, 6.45) is 1.87. The fraction of sp³-hybridized carbons (Fsp3) is 0.357. The number of rotatable bonds is 3. The van der Waals surface area contributed by atoms with E-state index in [1.807, 2.05) is 6.20 Å². The van der Waals surface area contributed by atoms with Crippen molar-refractivity contribution in [1.82, 2.24) is 4.98 Å². The molecule has 1 unspecified atom stereocenters. The molecule has 2 heterocycles. The Morgan fingerprint density at radius 2 is 2.21 bits per heavy atom. The summed E-state index contributed by atoms with van der Waals surface area (Å²) < 4.78 is 1.12. The highest BCUT2D eigenvalue weighted by molar-refractivity contribution is 9.10. The lowest BCUT2D eigenvalue weighted by Crippen LogP contribution is -2.23. The lowest BCUT2D eigenvalue weighted by atomic mass is 10.1. The molecule has 1 aromatic heterocycles. The third-order valence-corrected chi connectivity index (χ3v) is 6.67. The van der Waals surface area contributed by atoms with Crippen molar-refractivity contribution in [2.24, 2.45) is 0 Å². The number of benzene rings is 1. The fourth-order valence-corrected chi connectivity index (χ4v) is 5.28. The molecule has 3 rings (SSSR count). The Morgan fingerprint density at radius 1 is 1.26 bits per heavy atom. The zero-order valence-electron chi connectivity index (χ0n) is 10.4. The number of thioether (sulfide) groups is 2. The minimum atomic E-state index is 0.697. The molecule has 0 bridgehead atoms. The Hall–Kier alpha value is -0.390. The third kappa shape index (κ3) is 3.20. The van der Waals surface area contributed by atoms with Crippen LogP contribution < -0.4 is 5.32 Å². The summed E-state index contributed by atoms with van der Waals surface area (Å²) in [6, 6.07) is 8.30. The Kier molecular flexibility index (Phi) is 4.56. The molecule has 2 nitrogen and oxygen atoms in total. The fourth-order valence-electron chi connectivity index (χ4n) is 2.17. The van der Waals surface area contributed by atoms with Gasteiger partial charge in [0.15, 0.2) is 0 Å². The molecule has 100 valence electrons. The monoisotopic (exact) mass is 354 g/mol. The lowest BCUT2D eigenvalue weighted by Gasteiger charge is -2.21. The maximum absolute atomic E-state index is 4.48. The van der Waals surface area contributed by atoms with E-state index < -0.39 is 0 Å². The van der Waals surface area contributed by atoms with E-state index in [4.69, 9.17) is 0 Å². The first-order valence-corrected chi connectivity index (χ1v) is 9.31. The average molecular weight is 355 g/mol. The summed E-state index contributed by atoms with van der Waals surface area (Å²) in [5.41, 5.74) is 0. The van der Waals surface area contributed by atoms with Crippen molar-refractivity contribution < 1.29 is 0 Å². The summed E-state index contributed by atoms with van der Waals surface area (Å²) in [6.45, 7) is 0.996. The predicted octanol–water partition coefficient (Wildman–Crippen LogP) is 4.26. The van der Waals surface area contributed by atoms with Crippen LogP contribution in [0.4, 0.5) is 5.82 Å². The number of nitrogens with one attached hydrogen (secondary N) is 1. The van der Waals surface area contributed by atoms with Gasteiger partial charge in [0.2, 0.25) is 0 Å². The molecule has 0 radical (unpaired) electrons. The first-order chi connectivity index (χ1) is 9.34. The molecule has 0 aliphatic carbocycles. The van der Waals surface area contributed by atoms with Crippen LogP contribution in [0.1, 0.15) is 0 Å². The van der Waals surface area contributed by atoms with Gasteiger partial charge in [-0.3, -0.25) is 0 Å². The van der Waals surface area contributed by atoms with E-state index in [-0.39, 0.29) is 0 Å². The van der Waals surface area contributed by atoms with E-state index in [1.54, 1.807) is 0 Å². The highest BCUT2D eigenvalue weighted by Gasteiger charge is 2.14. The summed E-state index contributed by atoms with van der Waals surface area (Å²) in [4.78, 5) is 4.48. The normalized spacial score (nSPS) is 19.5. The van der Waals surface area contributed by atoms with E-state index in [0.717, 1.165) is 16.8 Å². The van der Waals surface area contributed by atoms with Crippen molar-refractivity contribution in [2.45, 2.75) is 5.25 Å². The molecule has 5 heteroatoms. The van der Waals surface area contributed by atoms with Crippen LogP contribution in [0.25, 0.3) is 10.8 Å². The van der Waals surface area contributed by atoms with Gasteiger partial charge in [-0.05, 0) is 12.1 Å². The minimum Gasteiger partial charge on any atom is -0.368 e. The van der Waals surface area contributed by atoms with Gasteiger partial charge in [-0.1, -0.05) is 28.1 Å². The van der Waals surface area contributed by atoms with Gasteiger partial charge >= 0.3 is 0 Å². The van der Waals surface area contributed by atoms with Crippen LogP contribution in [0.3, 0.4) is 0 Å². The predicted molar refractivity (Wildman–Crippen MR) is 91.5 cm³/mol. The van der Waals surface area contributed by atoms with Crippen LogP contribution in [0.2, 0.25) is 0 Å². The number of halogens is 1. The van der Waals surface area contributed by atoms with Crippen LogP contribution in [-0.4, -0.2) is 34.0 Å². The second kappa shape index (κ2) is 6.37. The van der Waals surface area contributed by atoms with Gasteiger partial charge in [0, 0.05) is 50.5 Å². The maximum atomic E-state index is 4.48. The molecular weight excluding hydrogens is 340 g/mol. The number of anilines is 1. The quantitative estimate of drug-likeness (QED) is 0.889. The van der Waals surface area contributed by atoms with Gasteiger partial charge in [0.05, 0.1) is 0 Å². The molecular formula is C14H15BrN2S2. The highest BCUT2D eigenvalue weighted by Crippen LogP contribution is 2.29. The van der Waals surface area contributed by atoms with E-state index in [2.05, 4.69) is 74.0 Å². The van der Waals surface area contributed by atoms with Gasteiger partial charge in [-0.25, -0.2) is 4.98 Å². The van der Waals surface area contributed by atoms with Crippen LogP contribution in [0, 0.1) is 0 Å². The van der Waals surface area contributed by atoms with Gasteiger partial charge in [0.25, 0.3) is 0 Å². The van der Waals surface area contributed by atoms with Crippen LogP contribution in [-0.2, 0) is 0 Å². The standard InChI is InChI=1S/C14H15BrN2S2/c15-13-3-1-2-12-11(13)4-5-16-14(12)17-8-10-9-18-6-7-19-10/h1-5,10H,6-9H2,(H,16,17). The number of hydrogen-bond donors (Lipinski definition) is 1.